The first-order chi connectivity index (χ1) is 7.93. The second-order valence-corrected chi connectivity index (χ2v) is 4.81. The van der Waals surface area contributed by atoms with E-state index in [1.54, 1.807) is 0 Å². The third-order valence-corrected chi connectivity index (χ3v) is 2.77. The largest absolute Gasteiger partial charge is 0.380 e. The van der Waals surface area contributed by atoms with Gasteiger partial charge in [0.05, 0.1) is 0 Å². The second-order valence-electron chi connectivity index (χ2n) is 3.25. The standard InChI is InChI=1S/C9H10F4N2OS/c1-17(16)4-2-3-14-7-5(10)8(12)15-9(13)6(7)11/h2-4H2,1H3,(H,14,15). The van der Waals surface area contributed by atoms with Crippen molar-refractivity contribution in [1.29, 1.82) is 0 Å². The van der Waals surface area contributed by atoms with Gasteiger partial charge >= 0.3 is 0 Å². The van der Waals surface area contributed by atoms with Crippen LogP contribution in [0.15, 0.2) is 0 Å². The minimum Gasteiger partial charge on any atom is -0.380 e. The van der Waals surface area contributed by atoms with Gasteiger partial charge in [-0.05, 0) is 6.42 Å². The highest BCUT2D eigenvalue weighted by Crippen LogP contribution is 2.21. The van der Waals surface area contributed by atoms with Crippen LogP contribution in [-0.4, -0.2) is 27.7 Å². The number of nitrogens with one attached hydrogen (secondary N) is 1. The van der Waals surface area contributed by atoms with Crippen molar-refractivity contribution in [3.05, 3.63) is 23.5 Å². The molecule has 1 N–H and O–H groups in total. The maximum absolute atomic E-state index is 13.1. The normalized spacial score (nSPS) is 12.5. The highest BCUT2D eigenvalue weighted by Gasteiger charge is 2.20. The van der Waals surface area contributed by atoms with Crippen molar-refractivity contribution in [2.75, 3.05) is 23.9 Å². The molecule has 1 rings (SSSR count). The molecule has 8 heteroatoms. The quantitative estimate of drug-likeness (QED) is 0.504. The summed E-state index contributed by atoms with van der Waals surface area (Å²) in [6, 6.07) is 0. The molecule has 96 valence electrons. The van der Waals surface area contributed by atoms with Gasteiger partial charge in [0, 0.05) is 29.4 Å². The molecule has 1 aromatic heterocycles. The first kappa shape index (κ1) is 13.9. The molecule has 1 heterocycles. The van der Waals surface area contributed by atoms with Gasteiger partial charge in [0.1, 0.15) is 5.69 Å². The van der Waals surface area contributed by atoms with E-state index >= 15 is 0 Å². The summed E-state index contributed by atoms with van der Waals surface area (Å²) in [7, 11) is -1.03. The molecule has 0 bridgehead atoms. The van der Waals surface area contributed by atoms with Gasteiger partial charge < -0.3 is 5.32 Å². The second kappa shape index (κ2) is 5.95. The monoisotopic (exact) mass is 270 g/mol. The number of halogens is 4. The third kappa shape index (κ3) is 3.65. The molecule has 0 saturated carbocycles. The average Bonchev–Trinajstić information content (AvgIpc) is 2.25. The number of nitrogens with zero attached hydrogens (tertiary/aromatic N) is 1. The van der Waals surface area contributed by atoms with Gasteiger partial charge in [-0.15, -0.1) is 0 Å². The van der Waals surface area contributed by atoms with Crippen molar-refractivity contribution in [3.8, 4) is 0 Å². The van der Waals surface area contributed by atoms with E-state index in [-0.39, 0.29) is 6.54 Å². The van der Waals surface area contributed by atoms with E-state index in [2.05, 4.69) is 10.3 Å². The zero-order valence-electron chi connectivity index (χ0n) is 8.90. The number of aromatic nitrogens is 1. The number of anilines is 1. The lowest BCUT2D eigenvalue weighted by Gasteiger charge is -2.08. The van der Waals surface area contributed by atoms with Crippen LogP contribution < -0.4 is 5.32 Å². The summed E-state index contributed by atoms with van der Waals surface area (Å²) in [5.41, 5.74) is -0.892. The van der Waals surface area contributed by atoms with E-state index < -0.39 is 40.0 Å². The topological polar surface area (TPSA) is 42.0 Å². The van der Waals surface area contributed by atoms with Crippen LogP contribution in [0.3, 0.4) is 0 Å². The molecule has 1 aromatic rings. The minimum atomic E-state index is -1.70. The molecule has 1 unspecified atom stereocenters. The number of hydrogen-bond acceptors (Lipinski definition) is 3. The molecule has 3 nitrogen and oxygen atoms in total. The van der Waals surface area contributed by atoms with E-state index in [0.29, 0.717) is 12.2 Å². The molecule has 0 fully saturated rings. The molecule has 0 aliphatic rings. The summed E-state index contributed by atoms with van der Waals surface area (Å²) in [6.45, 7) is 0.0519. The predicted molar refractivity (Wildman–Crippen MR) is 56.1 cm³/mol. The molecule has 0 aliphatic heterocycles. The van der Waals surface area contributed by atoms with Gasteiger partial charge in [-0.1, -0.05) is 0 Å². The lowest BCUT2D eigenvalue weighted by atomic mass is 10.3. The smallest absolute Gasteiger partial charge is 0.253 e. The van der Waals surface area contributed by atoms with Crippen LogP contribution in [-0.2, 0) is 10.8 Å². The van der Waals surface area contributed by atoms with Gasteiger partial charge in [0.2, 0.25) is 11.6 Å². The van der Waals surface area contributed by atoms with Crippen LogP contribution in [0.2, 0.25) is 0 Å². The van der Waals surface area contributed by atoms with E-state index in [0.717, 1.165) is 0 Å². The first-order valence-corrected chi connectivity index (χ1v) is 6.40. The van der Waals surface area contributed by atoms with Crippen LogP contribution in [0.1, 0.15) is 6.42 Å². The van der Waals surface area contributed by atoms with Crippen molar-refractivity contribution < 1.29 is 21.8 Å². The fraction of sp³-hybridized carbons (Fsp3) is 0.444. The zero-order valence-corrected chi connectivity index (χ0v) is 9.71. The fourth-order valence-corrected chi connectivity index (χ4v) is 1.68. The molecule has 0 aliphatic carbocycles. The van der Waals surface area contributed by atoms with Crippen LogP contribution >= 0.6 is 0 Å². The van der Waals surface area contributed by atoms with Gasteiger partial charge in [-0.3, -0.25) is 4.21 Å². The Morgan fingerprint density at radius 1 is 1.18 bits per heavy atom. The maximum Gasteiger partial charge on any atom is 0.253 e. The van der Waals surface area contributed by atoms with Gasteiger partial charge in [0.25, 0.3) is 11.9 Å². The summed E-state index contributed by atoms with van der Waals surface area (Å²) in [5.74, 6) is -6.22. The Labute approximate surface area is 97.7 Å². The SMILES string of the molecule is CS(=O)CCCNc1c(F)c(F)nc(F)c1F. The molecule has 1 atom stereocenters. The van der Waals surface area contributed by atoms with Crippen LogP contribution in [0.5, 0.6) is 0 Å². The van der Waals surface area contributed by atoms with Crippen molar-refractivity contribution in [2.45, 2.75) is 6.42 Å². The zero-order chi connectivity index (χ0) is 13.0. The molecule has 0 saturated heterocycles. The average molecular weight is 270 g/mol. The Balaban J connectivity index is 2.73. The van der Waals surface area contributed by atoms with Crippen molar-refractivity contribution in [1.82, 2.24) is 4.98 Å². The Morgan fingerprint density at radius 3 is 2.18 bits per heavy atom. The van der Waals surface area contributed by atoms with Gasteiger partial charge in [-0.25, -0.2) is 0 Å². The first-order valence-electron chi connectivity index (χ1n) is 4.67. The van der Waals surface area contributed by atoms with Crippen LogP contribution in [0.25, 0.3) is 0 Å². The molecule has 0 amide bonds. The van der Waals surface area contributed by atoms with E-state index in [1.165, 1.54) is 6.26 Å². The summed E-state index contributed by atoms with van der Waals surface area (Å²) in [4.78, 5) is 2.42. The van der Waals surface area contributed by atoms with Crippen molar-refractivity contribution in [2.24, 2.45) is 0 Å². The summed E-state index contributed by atoms with van der Waals surface area (Å²) >= 11 is 0. The van der Waals surface area contributed by atoms with Crippen molar-refractivity contribution >= 4 is 16.5 Å². The Bertz CT molecular complexity index is 415. The highest BCUT2D eigenvalue weighted by molar-refractivity contribution is 7.84. The van der Waals surface area contributed by atoms with E-state index in [4.69, 9.17) is 0 Å². The van der Waals surface area contributed by atoms with E-state index in [1.807, 2.05) is 0 Å². The summed E-state index contributed by atoms with van der Waals surface area (Å²) < 4.78 is 62.2. The van der Waals surface area contributed by atoms with Gasteiger partial charge in [0.15, 0.2) is 0 Å². The van der Waals surface area contributed by atoms with Crippen LogP contribution in [0.4, 0.5) is 23.2 Å². The van der Waals surface area contributed by atoms with Crippen molar-refractivity contribution in [3.63, 3.8) is 0 Å². The molecule has 0 aromatic carbocycles. The van der Waals surface area contributed by atoms with Crippen LogP contribution in [0, 0.1) is 23.5 Å². The molecular weight excluding hydrogens is 260 g/mol. The minimum absolute atomic E-state index is 0.0519. The third-order valence-electron chi connectivity index (χ3n) is 1.91. The molecule has 0 spiro atoms. The number of rotatable bonds is 5. The summed E-state index contributed by atoms with van der Waals surface area (Å²) in [6.07, 6.45) is 1.83. The molecular formula is C9H10F4N2OS. The molecule has 0 radical (unpaired) electrons. The molecule has 17 heavy (non-hydrogen) atoms. The maximum atomic E-state index is 13.1. The fourth-order valence-electron chi connectivity index (χ4n) is 1.13. The Kier molecular flexibility index (Phi) is 4.86. The Morgan fingerprint density at radius 2 is 1.71 bits per heavy atom. The lowest BCUT2D eigenvalue weighted by molar-refractivity contribution is 0.410. The van der Waals surface area contributed by atoms with E-state index in [9.17, 15) is 21.8 Å². The lowest BCUT2D eigenvalue weighted by Crippen LogP contribution is -2.12. The number of pyridine rings is 1. The summed E-state index contributed by atoms with van der Waals surface area (Å²) in [5, 5.41) is 2.21. The van der Waals surface area contributed by atoms with Gasteiger partial charge in [-0.2, -0.15) is 22.5 Å². The number of hydrogen-bond donors (Lipinski definition) is 1. The predicted octanol–water partition coefficient (Wildman–Crippen LogP) is 1.82. The Hall–Kier alpha value is -1.18. The highest BCUT2D eigenvalue weighted by atomic mass is 32.2.